The summed E-state index contributed by atoms with van der Waals surface area (Å²) in [5.74, 6) is -0.0439. The number of carbonyl (C=O) groups excluding carboxylic acids is 1. The second kappa shape index (κ2) is 6.86. The van der Waals surface area contributed by atoms with E-state index in [2.05, 4.69) is 15.3 Å². The quantitative estimate of drug-likeness (QED) is 0.601. The minimum Gasteiger partial charge on any atom is -0.350 e. The van der Waals surface area contributed by atoms with Crippen molar-refractivity contribution in [1.29, 1.82) is 0 Å². The molecule has 0 radical (unpaired) electrons. The van der Waals surface area contributed by atoms with Crippen LogP contribution in [0.4, 0.5) is 0 Å². The molecule has 0 atom stereocenters. The van der Waals surface area contributed by atoms with Gasteiger partial charge >= 0.3 is 0 Å². The molecule has 5 nitrogen and oxygen atoms in total. The van der Waals surface area contributed by atoms with Gasteiger partial charge in [0.25, 0.3) is 0 Å². The molecule has 6 heteroatoms. The van der Waals surface area contributed by atoms with Crippen molar-refractivity contribution in [3.63, 3.8) is 0 Å². The molecule has 25 heavy (non-hydrogen) atoms. The van der Waals surface area contributed by atoms with Gasteiger partial charge in [0.15, 0.2) is 0 Å². The Labute approximate surface area is 149 Å². The Morgan fingerprint density at radius 3 is 2.92 bits per heavy atom. The van der Waals surface area contributed by atoms with E-state index in [1.807, 2.05) is 58.5 Å². The number of thiophene rings is 1. The normalized spacial score (nSPS) is 10.9. The van der Waals surface area contributed by atoms with Crippen molar-refractivity contribution in [3.05, 3.63) is 72.0 Å². The van der Waals surface area contributed by atoms with Gasteiger partial charge in [-0.2, -0.15) is 0 Å². The van der Waals surface area contributed by atoms with Gasteiger partial charge < -0.3 is 9.88 Å². The van der Waals surface area contributed by atoms with Gasteiger partial charge in [-0.1, -0.05) is 18.2 Å². The molecule has 0 aliphatic rings. The first-order valence-electron chi connectivity index (χ1n) is 7.95. The van der Waals surface area contributed by atoms with Crippen LogP contribution in [0.5, 0.6) is 0 Å². The fourth-order valence-electron chi connectivity index (χ4n) is 2.69. The average molecular weight is 348 g/mol. The molecule has 1 amide bonds. The summed E-state index contributed by atoms with van der Waals surface area (Å²) in [6.45, 7) is 0.732. The number of aromatic nitrogens is 3. The van der Waals surface area contributed by atoms with E-state index < -0.39 is 0 Å². The number of fused-ring (bicyclic) bond motifs is 1. The maximum Gasteiger partial charge on any atom is 0.240 e. The summed E-state index contributed by atoms with van der Waals surface area (Å²) in [4.78, 5) is 22.1. The zero-order valence-corrected chi connectivity index (χ0v) is 14.2. The van der Waals surface area contributed by atoms with Gasteiger partial charge in [0.2, 0.25) is 5.91 Å². The second-order valence-corrected chi connectivity index (χ2v) is 6.61. The van der Waals surface area contributed by atoms with Crippen molar-refractivity contribution in [3.8, 4) is 10.6 Å². The highest BCUT2D eigenvalue weighted by Gasteiger charge is 2.07. The van der Waals surface area contributed by atoms with Crippen LogP contribution in [0, 0.1) is 0 Å². The van der Waals surface area contributed by atoms with Gasteiger partial charge in [0.1, 0.15) is 6.54 Å². The molecule has 0 fully saturated rings. The molecule has 0 spiro atoms. The van der Waals surface area contributed by atoms with Crippen molar-refractivity contribution in [2.45, 2.75) is 13.1 Å². The van der Waals surface area contributed by atoms with Crippen LogP contribution < -0.4 is 5.32 Å². The lowest BCUT2D eigenvalue weighted by Gasteiger charge is -2.08. The molecule has 0 bridgehead atoms. The molecular formula is C19H16N4OS. The third kappa shape index (κ3) is 3.44. The van der Waals surface area contributed by atoms with E-state index in [9.17, 15) is 4.79 Å². The smallest absolute Gasteiger partial charge is 0.240 e. The second-order valence-electron chi connectivity index (χ2n) is 5.66. The largest absolute Gasteiger partial charge is 0.350 e. The third-order valence-corrected chi connectivity index (χ3v) is 4.82. The highest BCUT2D eigenvalue weighted by Crippen LogP contribution is 2.23. The molecule has 124 valence electrons. The molecule has 4 rings (SSSR count). The lowest BCUT2D eigenvalue weighted by atomic mass is 10.2. The minimum absolute atomic E-state index is 0.0439. The summed E-state index contributed by atoms with van der Waals surface area (Å²) in [7, 11) is 0. The molecule has 3 heterocycles. The number of nitrogens with one attached hydrogen (secondary N) is 1. The first-order valence-corrected chi connectivity index (χ1v) is 8.83. The fraction of sp³-hybridized carbons (Fsp3) is 0.105. The number of amides is 1. The Morgan fingerprint density at radius 2 is 2.04 bits per heavy atom. The monoisotopic (exact) mass is 348 g/mol. The highest BCUT2D eigenvalue weighted by molar-refractivity contribution is 7.13. The van der Waals surface area contributed by atoms with Gasteiger partial charge in [-0.05, 0) is 41.3 Å². The van der Waals surface area contributed by atoms with Crippen LogP contribution >= 0.6 is 11.3 Å². The number of rotatable bonds is 5. The van der Waals surface area contributed by atoms with Crippen LogP contribution in [0.15, 0.2) is 66.4 Å². The number of pyridine rings is 1. The zero-order chi connectivity index (χ0) is 17.1. The number of para-hydroxylation sites is 2. The Balaban J connectivity index is 1.41. The number of imidazole rings is 1. The van der Waals surface area contributed by atoms with Crippen LogP contribution in [0.1, 0.15) is 5.56 Å². The predicted molar refractivity (Wildman–Crippen MR) is 99.1 cm³/mol. The Hall–Kier alpha value is -2.99. The summed E-state index contributed by atoms with van der Waals surface area (Å²) >= 11 is 1.65. The Bertz CT molecular complexity index is 1010. The first kappa shape index (κ1) is 15.5. The van der Waals surface area contributed by atoms with E-state index >= 15 is 0 Å². The number of hydrogen-bond donors (Lipinski definition) is 1. The molecule has 0 saturated carbocycles. The fourth-order valence-corrected chi connectivity index (χ4v) is 3.38. The summed E-state index contributed by atoms with van der Waals surface area (Å²) in [5, 5.41) is 4.99. The number of carbonyl (C=O) groups is 1. The van der Waals surface area contributed by atoms with E-state index in [-0.39, 0.29) is 12.5 Å². The zero-order valence-electron chi connectivity index (χ0n) is 13.4. The van der Waals surface area contributed by atoms with Gasteiger partial charge in [-0.3, -0.25) is 9.78 Å². The van der Waals surface area contributed by atoms with Crippen molar-refractivity contribution in [2.24, 2.45) is 0 Å². The van der Waals surface area contributed by atoms with E-state index in [0.717, 1.165) is 27.2 Å². The van der Waals surface area contributed by atoms with Gasteiger partial charge in [-0.25, -0.2) is 4.98 Å². The summed E-state index contributed by atoms with van der Waals surface area (Å²) in [6, 6.07) is 15.8. The number of benzene rings is 1. The van der Waals surface area contributed by atoms with Crippen molar-refractivity contribution >= 4 is 28.3 Å². The Kier molecular flexibility index (Phi) is 4.26. The topological polar surface area (TPSA) is 59.8 Å². The third-order valence-electron chi connectivity index (χ3n) is 3.93. The molecule has 3 aromatic heterocycles. The molecule has 1 aromatic carbocycles. The SMILES string of the molecule is O=C(Cn1cnc2ccccc21)NCc1ccnc(-c2cccs2)c1. The predicted octanol–water partition coefficient (Wildman–Crippen LogP) is 3.48. The molecule has 0 saturated heterocycles. The van der Waals surface area contributed by atoms with E-state index in [1.54, 1.807) is 23.9 Å². The molecule has 1 N–H and O–H groups in total. The van der Waals surface area contributed by atoms with Gasteiger partial charge in [-0.15, -0.1) is 11.3 Å². The minimum atomic E-state index is -0.0439. The van der Waals surface area contributed by atoms with Crippen LogP contribution in [0.3, 0.4) is 0 Å². The van der Waals surface area contributed by atoms with Crippen LogP contribution in [0.2, 0.25) is 0 Å². The van der Waals surface area contributed by atoms with Crippen LogP contribution in [-0.4, -0.2) is 20.4 Å². The molecule has 4 aromatic rings. The number of hydrogen-bond acceptors (Lipinski definition) is 4. The van der Waals surface area contributed by atoms with Gasteiger partial charge in [0.05, 0.1) is 27.9 Å². The summed E-state index contributed by atoms with van der Waals surface area (Å²) < 4.78 is 1.86. The Morgan fingerprint density at radius 1 is 1.12 bits per heavy atom. The van der Waals surface area contributed by atoms with Crippen molar-refractivity contribution in [2.75, 3.05) is 0 Å². The molecular weight excluding hydrogens is 332 g/mol. The summed E-state index contributed by atoms with van der Waals surface area (Å²) in [6.07, 6.45) is 3.48. The highest BCUT2D eigenvalue weighted by atomic mass is 32.1. The lowest BCUT2D eigenvalue weighted by molar-refractivity contribution is -0.121. The molecule has 0 unspecified atom stereocenters. The number of nitrogens with zero attached hydrogens (tertiary/aromatic N) is 3. The lowest BCUT2D eigenvalue weighted by Crippen LogP contribution is -2.26. The van der Waals surface area contributed by atoms with E-state index in [0.29, 0.717) is 6.54 Å². The first-order chi connectivity index (χ1) is 12.3. The van der Waals surface area contributed by atoms with E-state index in [4.69, 9.17) is 0 Å². The van der Waals surface area contributed by atoms with Crippen LogP contribution in [-0.2, 0) is 17.9 Å². The molecule has 0 aliphatic carbocycles. The van der Waals surface area contributed by atoms with Gasteiger partial charge in [0, 0.05) is 12.7 Å². The van der Waals surface area contributed by atoms with Crippen molar-refractivity contribution in [1.82, 2.24) is 19.9 Å². The summed E-state index contributed by atoms with van der Waals surface area (Å²) in [5.41, 5.74) is 3.82. The maximum absolute atomic E-state index is 12.3. The molecule has 0 aliphatic heterocycles. The van der Waals surface area contributed by atoms with Crippen molar-refractivity contribution < 1.29 is 4.79 Å². The average Bonchev–Trinajstić information content (AvgIpc) is 3.31. The maximum atomic E-state index is 12.3. The standard InChI is InChI=1S/C19H16N4OS/c24-19(12-23-13-22-15-4-1-2-5-17(15)23)21-11-14-7-8-20-16(10-14)18-6-3-9-25-18/h1-10,13H,11-12H2,(H,21,24). The van der Waals surface area contributed by atoms with Crippen LogP contribution in [0.25, 0.3) is 21.6 Å². The van der Waals surface area contributed by atoms with E-state index in [1.165, 1.54) is 0 Å².